The molecule has 2 aromatic rings. The summed E-state index contributed by atoms with van der Waals surface area (Å²) in [7, 11) is 0. The van der Waals surface area contributed by atoms with Gasteiger partial charge in [0.15, 0.2) is 5.16 Å². The molecule has 6 nitrogen and oxygen atoms in total. The summed E-state index contributed by atoms with van der Waals surface area (Å²) < 4.78 is 1.36. The first-order chi connectivity index (χ1) is 14.0. The van der Waals surface area contributed by atoms with E-state index in [1.54, 1.807) is 30.3 Å². The maximum Gasteiger partial charge on any atom is 0.317 e. The van der Waals surface area contributed by atoms with Gasteiger partial charge in [-0.05, 0) is 37.9 Å². The van der Waals surface area contributed by atoms with Crippen LogP contribution in [-0.4, -0.2) is 38.3 Å². The van der Waals surface area contributed by atoms with E-state index in [4.69, 9.17) is 17.3 Å². The molecule has 0 saturated heterocycles. The quantitative estimate of drug-likeness (QED) is 0.188. The second-order valence-corrected chi connectivity index (χ2v) is 7.53. The number of allylic oxidation sites excluding steroid dienone is 2. The molecule has 1 heterocycles. The Bertz CT molecular complexity index is 883. The highest BCUT2D eigenvalue weighted by Crippen LogP contribution is 2.26. The van der Waals surface area contributed by atoms with Gasteiger partial charge in [0.1, 0.15) is 5.25 Å². The van der Waals surface area contributed by atoms with Gasteiger partial charge in [0.05, 0.1) is 10.9 Å². The van der Waals surface area contributed by atoms with Gasteiger partial charge in [0, 0.05) is 12.1 Å². The van der Waals surface area contributed by atoms with Crippen molar-refractivity contribution in [2.75, 3.05) is 12.4 Å². The molecule has 0 aliphatic carbocycles. The Labute approximate surface area is 180 Å². The molecule has 0 spiro atoms. The second kappa shape index (κ2) is 14.0. The summed E-state index contributed by atoms with van der Waals surface area (Å²) in [5.41, 5.74) is 5.76. The molecular weight excluding hydrogens is 410 g/mol. The number of carbonyl (C=O) groups is 1. The van der Waals surface area contributed by atoms with E-state index < -0.39 is 11.2 Å². The van der Waals surface area contributed by atoms with E-state index in [1.807, 2.05) is 6.08 Å². The standard InChI is InChI=1S/C17H20ClN3O3S.C4H8/c18-9-5-11-21-15(22)12-6-1-2-7-13(12)20-17(21)25-14(16(23)24)8-3-4-10-19;1-3-4-2/h1-2,5-7,11,14H,3-4,8-10,19H2,(H,23,24);3H,1,4H2,2H3/b11-5+;. The Morgan fingerprint density at radius 3 is 2.69 bits per heavy atom. The highest BCUT2D eigenvalue weighted by atomic mass is 35.5. The molecule has 0 bridgehead atoms. The minimum Gasteiger partial charge on any atom is -0.480 e. The third kappa shape index (κ3) is 8.04. The number of unbranched alkanes of at least 4 members (excludes halogenated alkanes) is 1. The molecule has 0 aliphatic rings. The molecule has 0 radical (unpaired) electrons. The summed E-state index contributed by atoms with van der Waals surface area (Å²) in [5, 5.41) is 9.59. The third-order valence-corrected chi connectivity index (χ3v) is 5.25. The Hall–Kier alpha value is -2.09. The number of alkyl halides is 1. The van der Waals surface area contributed by atoms with Crippen LogP contribution >= 0.6 is 23.4 Å². The Kier molecular flexibility index (Phi) is 12.0. The van der Waals surface area contributed by atoms with E-state index in [1.165, 1.54) is 10.8 Å². The molecule has 29 heavy (non-hydrogen) atoms. The molecular formula is C21H28ClN3O3S. The van der Waals surface area contributed by atoms with E-state index >= 15 is 0 Å². The van der Waals surface area contributed by atoms with Gasteiger partial charge in [-0.3, -0.25) is 14.2 Å². The average Bonchev–Trinajstić information content (AvgIpc) is 2.73. The Morgan fingerprint density at radius 2 is 2.10 bits per heavy atom. The van der Waals surface area contributed by atoms with Crippen LogP contribution in [0.3, 0.4) is 0 Å². The van der Waals surface area contributed by atoms with Gasteiger partial charge in [-0.25, -0.2) is 4.98 Å². The summed E-state index contributed by atoms with van der Waals surface area (Å²) >= 11 is 6.75. The van der Waals surface area contributed by atoms with Crippen LogP contribution in [0.2, 0.25) is 0 Å². The number of para-hydroxylation sites is 1. The van der Waals surface area contributed by atoms with Crippen molar-refractivity contribution in [2.24, 2.45) is 5.73 Å². The number of nitrogens with two attached hydrogens (primary N) is 1. The summed E-state index contributed by atoms with van der Waals surface area (Å²) in [6, 6.07) is 6.99. The first kappa shape index (κ1) is 24.9. The normalized spacial score (nSPS) is 11.8. The van der Waals surface area contributed by atoms with E-state index in [0.717, 1.165) is 24.6 Å². The van der Waals surface area contributed by atoms with Crippen molar-refractivity contribution in [2.45, 2.75) is 43.0 Å². The fraction of sp³-hybridized carbons (Fsp3) is 0.381. The highest BCUT2D eigenvalue weighted by Gasteiger charge is 2.22. The van der Waals surface area contributed by atoms with E-state index in [0.29, 0.717) is 35.4 Å². The molecule has 1 unspecified atom stereocenters. The van der Waals surface area contributed by atoms with Crippen LogP contribution in [0.25, 0.3) is 17.1 Å². The third-order valence-electron chi connectivity index (χ3n) is 3.85. The topological polar surface area (TPSA) is 98.2 Å². The first-order valence-corrected chi connectivity index (χ1v) is 10.9. The largest absolute Gasteiger partial charge is 0.480 e. The number of carboxylic acid groups (broad SMARTS) is 1. The predicted octanol–water partition coefficient (Wildman–Crippen LogP) is 4.36. The molecule has 0 amide bonds. The second-order valence-electron chi connectivity index (χ2n) is 6.05. The molecule has 1 aromatic heterocycles. The lowest BCUT2D eigenvalue weighted by atomic mass is 10.2. The van der Waals surface area contributed by atoms with Crippen LogP contribution in [0.5, 0.6) is 0 Å². The zero-order chi connectivity index (χ0) is 21.6. The van der Waals surface area contributed by atoms with E-state index in [2.05, 4.69) is 18.5 Å². The number of aromatic nitrogens is 2. The number of aliphatic carboxylic acids is 1. The maximum absolute atomic E-state index is 12.7. The average molecular weight is 438 g/mol. The molecule has 8 heteroatoms. The van der Waals surface area contributed by atoms with Crippen LogP contribution < -0.4 is 11.3 Å². The summed E-state index contributed by atoms with van der Waals surface area (Å²) in [6.45, 7) is 6.06. The van der Waals surface area contributed by atoms with Crippen LogP contribution in [0, 0.1) is 0 Å². The monoisotopic (exact) mass is 437 g/mol. The maximum atomic E-state index is 12.7. The molecule has 2 rings (SSSR count). The van der Waals surface area contributed by atoms with Crippen molar-refractivity contribution in [1.29, 1.82) is 0 Å². The van der Waals surface area contributed by atoms with Crippen LogP contribution in [0.1, 0.15) is 32.6 Å². The minimum absolute atomic E-state index is 0.238. The number of hydrogen-bond acceptors (Lipinski definition) is 5. The molecule has 0 fully saturated rings. The SMILES string of the molecule is C=CCC.NCCCCC(Sc1nc2ccccc2c(=O)n1/C=C/CCl)C(=O)O. The Morgan fingerprint density at radius 1 is 1.41 bits per heavy atom. The van der Waals surface area contributed by atoms with Crippen molar-refractivity contribution in [3.05, 3.63) is 53.4 Å². The molecule has 1 atom stereocenters. The fourth-order valence-corrected chi connectivity index (χ4v) is 3.45. The van der Waals surface area contributed by atoms with Crippen LogP contribution in [-0.2, 0) is 4.79 Å². The predicted molar refractivity (Wildman–Crippen MR) is 123 cm³/mol. The van der Waals surface area contributed by atoms with Gasteiger partial charge in [0.25, 0.3) is 5.56 Å². The zero-order valence-corrected chi connectivity index (χ0v) is 18.2. The van der Waals surface area contributed by atoms with Crippen molar-refractivity contribution in [3.8, 4) is 0 Å². The van der Waals surface area contributed by atoms with Gasteiger partial charge in [-0.15, -0.1) is 18.2 Å². The molecule has 158 valence electrons. The van der Waals surface area contributed by atoms with Crippen molar-refractivity contribution in [3.63, 3.8) is 0 Å². The lowest BCUT2D eigenvalue weighted by Crippen LogP contribution is -2.23. The van der Waals surface area contributed by atoms with E-state index in [9.17, 15) is 14.7 Å². The lowest BCUT2D eigenvalue weighted by molar-refractivity contribution is -0.136. The molecule has 1 aromatic carbocycles. The number of hydrogen-bond donors (Lipinski definition) is 2. The summed E-state index contributed by atoms with van der Waals surface area (Å²) in [4.78, 5) is 28.8. The zero-order valence-electron chi connectivity index (χ0n) is 16.6. The van der Waals surface area contributed by atoms with Crippen molar-refractivity contribution < 1.29 is 9.90 Å². The lowest BCUT2D eigenvalue weighted by Gasteiger charge is -2.14. The van der Waals surface area contributed by atoms with Crippen LogP contribution in [0.15, 0.2) is 52.9 Å². The smallest absolute Gasteiger partial charge is 0.317 e. The molecule has 0 saturated carbocycles. The number of nitrogens with zero attached hydrogens (tertiary/aromatic N) is 2. The minimum atomic E-state index is -0.933. The van der Waals surface area contributed by atoms with Gasteiger partial charge >= 0.3 is 5.97 Å². The van der Waals surface area contributed by atoms with Gasteiger partial charge in [-0.1, -0.05) is 49.4 Å². The number of benzene rings is 1. The molecule has 3 N–H and O–H groups in total. The van der Waals surface area contributed by atoms with Gasteiger partial charge in [-0.2, -0.15) is 0 Å². The fourth-order valence-electron chi connectivity index (χ4n) is 2.32. The number of rotatable bonds is 10. The first-order valence-electron chi connectivity index (χ1n) is 9.44. The summed E-state index contributed by atoms with van der Waals surface area (Å²) in [6.07, 6.45) is 8.03. The molecule has 0 aliphatic heterocycles. The van der Waals surface area contributed by atoms with Gasteiger partial charge in [0.2, 0.25) is 0 Å². The van der Waals surface area contributed by atoms with Crippen molar-refractivity contribution >= 4 is 46.4 Å². The summed E-state index contributed by atoms with van der Waals surface area (Å²) in [5.74, 6) is -0.695. The van der Waals surface area contributed by atoms with E-state index in [-0.39, 0.29) is 11.4 Å². The highest BCUT2D eigenvalue weighted by molar-refractivity contribution is 8.00. The number of thioether (sulfide) groups is 1. The number of fused-ring (bicyclic) bond motifs is 1. The van der Waals surface area contributed by atoms with Crippen LogP contribution in [0.4, 0.5) is 0 Å². The Balaban J connectivity index is 0.000000960. The van der Waals surface area contributed by atoms with Gasteiger partial charge < -0.3 is 10.8 Å². The number of carboxylic acids is 1. The number of halogens is 1. The van der Waals surface area contributed by atoms with Crippen molar-refractivity contribution in [1.82, 2.24) is 9.55 Å².